The van der Waals surface area contributed by atoms with Gasteiger partial charge in [0.05, 0.1) is 7.11 Å². The smallest absolute Gasteiger partial charge is 0.300 e. The topological polar surface area (TPSA) is 26.3 Å². The minimum atomic E-state index is -2.96. The average Bonchev–Trinajstić information content (AvgIpc) is 2.16. The normalized spacial score (nSPS) is 10.5. The number of rotatable bonds is 3. The van der Waals surface area contributed by atoms with Gasteiger partial charge in [-0.1, -0.05) is 0 Å². The van der Waals surface area contributed by atoms with E-state index in [4.69, 9.17) is 4.74 Å². The van der Waals surface area contributed by atoms with Crippen LogP contribution in [0.4, 0.5) is 8.78 Å². The van der Waals surface area contributed by atoms with Crippen LogP contribution in [0.25, 0.3) is 0 Å². The molecule has 0 aliphatic heterocycles. The van der Waals surface area contributed by atoms with Crippen LogP contribution in [0.2, 0.25) is 0 Å². The van der Waals surface area contributed by atoms with Gasteiger partial charge in [0.15, 0.2) is 0 Å². The molecule has 0 saturated heterocycles. The first-order valence-corrected chi connectivity index (χ1v) is 4.45. The molecule has 0 aliphatic rings. The molecule has 0 radical (unpaired) electrons. The Hall–Kier alpha value is -1.45. The molecule has 2 nitrogen and oxygen atoms in total. The molecule has 0 fully saturated rings. The molecular weight excluding hydrogens is 202 g/mol. The summed E-state index contributed by atoms with van der Waals surface area (Å²) in [7, 11) is 1.49. The zero-order chi connectivity index (χ0) is 11.6. The largest absolute Gasteiger partial charge is 0.497 e. The Balaban J connectivity index is 3.25. The Labute approximate surface area is 86.9 Å². The number of alkyl halides is 2. The first-order chi connectivity index (χ1) is 6.97. The number of methoxy groups -OCH3 is 1. The van der Waals surface area contributed by atoms with E-state index < -0.39 is 12.2 Å². The van der Waals surface area contributed by atoms with E-state index in [1.54, 1.807) is 26.0 Å². The molecule has 1 rings (SSSR count). The lowest BCUT2D eigenvalue weighted by atomic mass is 9.99. The van der Waals surface area contributed by atoms with Crippen LogP contribution in [0.5, 0.6) is 5.75 Å². The Morgan fingerprint density at radius 3 is 2.07 bits per heavy atom. The number of aryl methyl sites for hydroxylation is 2. The van der Waals surface area contributed by atoms with Crippen molar-refractivity contribution < 1.29 is 18.3 Å². The number of Topliss-reactive ketones (excluding diaryl/α,β-unsaturated/α-hetero) is 1. The highest BCUT2D eigenvalue weighted by Crippen LogP contribution is 2.23. The van der Waals surface area contributed by atoms with Crippen LogP contribution in [-0.2, 0) is 0 Å². The summed E-state index contributed by atoms with van der Waals surface area (Å²) in [4.78, 5) is 11.2. The first kappa shape index (κ1) is 11.6. The minimum Gasteiger partial charge on any atom is -0.497 e. The molecule has 1 aromatic carbocycles. The predicted octanol–water partition coefficient (Wildman–Crippen LogP) is 2.76. The van der Waals surface area contributed by atoms with Crippen molar-refractivity contribution in [3.8, 4) is 5.75 Å². The van der Waals surface area contributed by atoms with Gasteiger partial charge in [-0.2, -0.15) is 0 Å². The van der Waals surface area contributed by atoms with Crippen molar-refractivity contribution in [1.82, 2.24) is 0 Å². The molecule has 0 N–H and O–H groups in total. The van der Waals surface area contributed by atoms with E-state index in [0.717, 1.165) is 0 Å². The molecule has 0 spiro atoms. The fraction of sp³-hybridized carbons (Fsp3) is 0.364. The lowest BCUT2D eigenvalue weighted by Crippen LogP contribution is -2.13. The van der Waals surface area contributed by atoms with Gasteiger partial charge in [0.1, 0.15) is 5.75 Å². The number of hydrogen-bond donors (Lipinski definition) is 0. The molecule has 82 valence electrons. The van der Waals surface area contributed by atoms with E-state index in [2.05, 4.69) is 0 Å². The van der Waals surface area contributed by atoms with Crippen LogP contribution in [0.3, 0.4) is 0 Å². The summed E-state index contributed by atoms with van der Waals surface area (Å²) in [6.07, 6.45) is -2.96. The number of ketones is 1. The fourth-order valence-electron chi connectivity index (χ4n) is 1.54. The summed E-state index contributed by atoms with van der Waals surface area (Å²) in [5.74, 6) is -0.566. The van der Waals surface area contributed by atoms with Gasteiger partial charge in [0.25, 0.3) is 0 Å². The molecule has 1 aromatic rings. The third-order valence-corrected chi connectivity index (χ3v) is 2.19. The van der Waals surface area contributed by atoms with E-state index in [1.807, 2.05) is 0 Å². The van der Waals surface area contributed by atoms with Gasteiger partial charge in [-0.05, 0) is 37.1 Å². The van der Waals surface area contributed by atoms with Crippen LogP contribution in [0, 0.1) is 13.8 Å². The highest BCUT2D eigenvalue weighted by molar-refractivity contribution is 6.01. The zero-order valence-electron chi connectivity index (χ0n) is 8.80. The number of halogens is 2. The number of hydrogen-bond acceptors (Lipinski definition) is 2. The summed E-state index contributed by atoms with van der Waals surface area (Å²) >= 11 is 0. The van der Waals surface area contributed by atoms with Gasteiger partial charge in [0, 0.05) is 5.56 Å². The molecule has 4 heteroatoms. The molecular formula is C11H12F2O2. The highest BCUT2D eigenvalue weighted by Gasteiger charge is 2.22. The molecule has 0 heterocycles. The number of benzene rings is 1. The summed E-state index contributed by atoms with van der Waals surface area (Å²) in [6, 6.07) is 3.14. The molecule has 0 atom stereocenters. The molecule has 0 bridgehead atoms. The molecule has 0 amide bonds. The van der Waals surface area contributed by atoms with Crippen molar-refractivity contribution in [2.45, 2.75) is 20.3 Å². The van der Waals surface area contributed by atoms with Gasteiger partial charge < -0.3 is 4.74 Å². The van der Waals surface area contributed by atoms with Gasteiger partial charge in [0.2, 0.25) is 5.78 Å². The maximum absolute atomic E-state index is 12.3. The summed E-state index contributed by atoms with van der Waals surface area (Å²) in [5, 5.41) is 0. The Morgan fingerprint density at radius 1 is 1.27 bits per heavy atom. The Bertz CT molecular complexity index is 363. The van der Waals surface area contributed by atoms with E-state index in [0.29, 0.717) is 16.9 Å². The van der Waals surface area contributed by atoms with Crippen LogP contribution in [0.1, 0.15) is 21.5 Å². The van der Waals surface area contributed by atoms with Crippen molar-refractivity contribution in [1.29, 1.82) is 0 Å². The molecule has 0 saturated carbocycles. The van der Waals surface area contributed by atoms with Gasteiger partial charge in [-0.25, -0.2) is 8.78 Å². The first-order valence-electron chi connectivity index (χ1n) is 4.45. The number of ether oxygens (including phenoxy) is 1. The monoisotopic (exact) mass is 214 g/mol. The molecule has 0 aliphatic carbocycles. The van der Waals surface area contributed by atoms with Crippen molar-refractivity contribution in [2.75, 3.05) is 7.11 Å². The lowest BCUT2D eigenvalue weighted by molar-refractivity contribution is 0.0677. The Kier molecular flexibility index (Phi) is 3.39. The van der Waals surface area contributed by atoms with Crippen LogP contribution >= 0.6 is 0 Å². The van der Waals surface area contributed by atoms with Crippen molar-refractivity contribution in [2.24, 2.45) is 0 Å². The van der Waals surface area contributed by atoms with E-state index in [1.165, 1.54) is 7.11 Å². The van der Waals surface area contributed by atoms with Crippen LogP contribution in [-0.4, -0.2) is 19.3 Å². The van der Waals surface area contributed by atoms with Crippen molar-refractivity contribution in [3.63, 3.8) is 0 Å². The predicted molar refractivity (Wildman–Crippen MR) is 52.8 cm³/mol. The number of carbonyl (C=O) groups excluding carboxylic acids is 1. The third kappa shape index (κ3) is 2.32. The SMILES string of the molecule is COc1cc(C)c(C(=O)C(F)F)c(C)c1. The van der Waals surface area contributed by atoms with Crippen molar-refractivity contribution >= 4 is 5.78 Å². The lowest BCUT2D eigenvalue weighted by Gasteiger charge is -2.10. The molecule has 0 aromatic heterocycles. The molecule has 15 heavy (non-hydrogen) atoms. The molecule has 0 unspecified atom stereocenters. The summed E-state index contributed by atoms with van der Waals surface area (Å²) in [5.41, 5.74) is 1.11. The second-order valence-electron chi connectivity index (χ2n) is 3.30. The fourth-order valence-corrected chi connectivity index (χ4v) is 1.54. The summed E-state index contributed by atoms with van der Waals surface area (Å²) in [6.45, 7) is 3.23. The van der Waals surface area contributed by atoms with Gasteiger partial charge in [-0.3, -0.25) is 4.79 Å². The highest BCUT2D eigenvalue weighted by atomic mass is 19.3. The third-order valence-electron chi connectivity index (χ3n) is 2.19. The second kappa shape index (κ2) is 4.38. The summed E-state index contributed by atoms with van der Waals surface area (Å²) < 4.78 is 29.5. The standard InChI is InChI=1S/C11H12F2O2/c1-6-4-8(15-3)5-7(2)9(6)10(14)11(12)13/h4-5,11H,1-3H3. The quantitative estimate of drug-likeness (QED) is 0.723. The minimum absolute atomic E-state index is 0.0887. The maximum Gasteiger partial charge on any atom is 0.300 e. The Morgan fingerprint density at radius 2 is 1.73 bits per heavy atom. The second-order valence-corrected chi connectivity index (χ2v) is 3.30. The maximum atomic E-state index is 12.3. The van der Waals surface area contributed by atoms with Crippen LogP contribution in [0.15, 0.2) is 12.1 Å². The van der Waals surface area contributed by atoms with Crippen LogP contribution < -0.4 is 4.74 Å². The van der Waals surface area contributed by atoms with Gasteiger partial charge >= 0.3 is 6.43 Å². The van der Waals surface area contributed by atoms with E-state index >= 15 is 0 Å². The van der Waals surface area contributed by atoms with Crippen molar-refractivity contribution in [3.05, 3.63) is 28.8 Å². The average molecular weight is 214 g/mol. The zero-order valence-corrected chi connectivity index (χ0v) is 8.80. The van der Waals surface area contributed by atoms with E-state index in [-0.39, 0.29) is 5.56 Å². The van der Waals surface area contributed by atoms with E-state index in [9.17, 15) is 13.6 Å². The number of carbonyl (C=O) groups is 1. The van der Waals surface area contributed by atoms with Gasteiger partial charge in [-0.15, -0.1) is 0 Å².